The third-order valence-electron chi connectivity index (χ3n) is 3.08. The molecule has 2 aromatic heterocycles. The number of aromatic nitrogens is 4. The first kappa shape index (κ1) is 12.6. The van der Waals surface area contributed by atoms with Gasteiger partial charge in [0.1, 0.15) is 11.6 Å². The van der Waals surface area contributed by atoms with Crippen molar-refractivity contribution in [2.45, 2.75) is 33.2 Å². The van der Waals surface area contributed by atoms with Crippen LogP contribution in [0.2, 0.25) is 0 Å². The van der Waals surface area contributed by atoms with Crippen LogP contribution in [0.1, 0.15) is 36.8 Å². The van der Waals surface area contributed by atoms with Crippen LogP contribution in [-0.4, -0.2) is 19.3 Å². The van der Waals surface area contributed by atoms with Gasteiger partial charge in [-0.15, -0.1) is 0 Å². The van der Waals surface area contributed by atoms with Crippen LogP contribution in [0.25, 0.3) is 0 Å². The SMILES string of the molecule is Cc1nn(C)c(NN)c1Cn1ccnc1C(C)C. The van der Waals surface area contributed by atoms with E-state index in [0.29, 0.717) is 5.92 Å². The summed E-state index contributed by atoms with van der Waals surface area (Å²) in [4.78, 5) is 4.39. The van der Waals surface area contributed by atoms with E-state index in [4.69, 9.17) is 5.84 Å². The lowest BCUT2D eigenvalue weighted by atomic mass is 10.2. The molecule has 0 aliphatic carbocycles. The molecule has 0 atom stereocenters. The minimum atomic E-state index is 0.395. The van der Waals surface area contributed by atoms with Crippen LogP contribution in [0.3, 0.4) is 0 Å². The molecule has 98 valence electrons. The Kier molecular flexibility index (Phi) is 3.38. The first-order valence-corrected chi connectivity index (χ1v) is 6.04. The smallest absolute Gasteiger partial charge is 0.143 e. The first-order chi connectivity index (χ1) is 8.54. The summed E-state index contributed by atoms with van der Waals surface area (Å²) in [5.74, 6) is 7.86. The number of hydrazine groups is 1. The van der Waals surface area contributed by atoms with E-state index >= 15 is 0 Å². The topological polar surface area (TPSA) is 73.7 Å². The predicted molar refractivity (Wildman–Crippen MR) is 71.2 cm³/mol. The number of anilines is 1. The van der Waals surface area contributed by atoms with Gasteiger partial charge in [0.2, 0.25) is 0 Å². The Hall–Kier alpha value is -1.82. The molecular weight excluding hydrogens is 228 g/mol. The highest BCUT2D eigenvalue weighted by Gasteiger charge is 2.15. The highest BCUT2D eigenvalue weighted by atomic mass is 15.4. The molecule has 0 bridgehead atoms. The van der Waals surface area contributed by atoms with E-state index in [2.05, 4.69) is 33.9 Å². The second-order valence-electron chi connectivity index (χ2n) is 4.75. The number of imidazole rings is 1. The molecule has 2 heterocycles. The van der Waals surface area contributed by atoms with Gasteiger partial charge in [-0.25, -0.2) is 10.8 Å². The van der Waals surface area contributed by atoms with Crippen molar-refractivity contribution in [2.75, 3.05) is 5.43 Å². The molecule has 0 aliphatic heterocycles. The molecule has 0 aromatic carbocycles. The number of hydrogen-bond acceptors (Lipinski definition) is 4. The molecule has 0 aliphatic rings. The van der Waals surface area contributed by atoms with Gasteiger partial charge in [0, 0.05) is 30.9 Å². The van der Waals surface area contributed by atoms with E-state index in [1.807, 2.05) is 26.4 Å². The van der Waals surface area contributed by atoms with E-state index < -0.39 is 0 Å². The van der Waals surface area contributed by atoms with Crippen molar-refractivity contribution >= 4 is 5.82 Å². The molecular formula is C12H20N6. The summed E-state index contributed by atoms with van der Waals surface area (Å²) in [6.07, 6.45) is 3.82. The lowest BCUT2D eigenvalue weighted by Gasteiger charge is -2.11. The second kappa shape index (κ2) is 4.81. The van der Waals surface area contributed by atoms with E-state index in [0.717, 1.165) is 29.4 Å². The van der Waals surface area contributed by atoms with Crippen molar-refractivity contribution in [3.63, 3.8) is 0 Å². The Labute approximate surface area is 107 Å². The minimum absolute atomic E-state index is 0.395. The molecule has 0 saturated heterocycles. The lowest BCUT2D eigenvalue weighted by molar-refractivity contribution is 0.668. The van der Waals surface area contributed by atoms with Crippen molar-refractivity contribution in [3.05, 3.63) is 29.5 Å². The largest absolute Gasteiger partial charge is 0.330 e. The van der Waals surface area contributed by atoms with Crippen LogP contribution in [0.15, 0.2) is 12.4 Å². The normalized spacial score (nSPS) is 11.2. The van der Waals surface area contributed by atoms with Gasteiger partial charge in [-0.05, 0) is 6.92 Å². The molecule has 0 saturated carbocycles. The standard InChI is InChI=1S/C12H20N6/c1-8(2)11-14-5-6-18(11)7-10-9(3)16-17(4)12(10)15-13/h5-6,8,15H,7,13H2,1-4H3. The van der Waals surface area contributed by atoms with Gasteiger partial charge in [-0.2, -0.15) is 5.10 Å². The van der Waals surface area contributed by atoms with Crippen LogP contribution < -0.4 is 11.3 Å². The number of nitrogens with one attached hydrogen (secondary N) is 1. The fourth-order valence-electron chi connectivity index (χ4n) is 2.20. The number of rotatable bonds is 4. The number of nitrogens with zero attached hydrogens (tertiary/aromatic N) is 4. The highest BCUT2D eigenvalue weighted by molar-refractivity contribution is 5.46. The molecule has 3 N–H and O–H groups in total. The summed E-state index contributed by atoms with van der Waals surface area (Å²) in [6, 6.07) is 0. The Morgan fingerprint density at radius 3 is 2.78 bits per heavy atom. The molecule has 6 nitrogen and oxygen atoms in total. The van der Waals surface area contributed by atoms with Crippen molar-refractivity contribution < 1.29 is 0 Å². The van der Waals surface area contributed by atoms with Crippen LogP contribution >= 0.6 is 0 Å². The molecule has 2 rings (SSSR count). The summed E-state index contributed by atoms with van der Waals surface area (Å²) >= 11 is 0. The van der Waals surface area contributed by atoms with Gasteiger partial charge in [-0.1, -0.05) is 13.8 Å². The number of hydrogen-bond donors (Lipinski definition) is 2. The average molecular weight is 248 g/mol. The van der Waals surface area contributed by atoms with E-state index in [9.17, 15) is 0 Å². The second-order valence-corrected chi connectivity index (χ2v) is 4.75. The third-order valence-corrected chi connectivity index (χ3v) is 3.08. The zero-order valence-electron chi connectivity index (χ0n) is 11.3. The van der Waals surface area contributed by atoms with E-state index in [1.165, 1.54) is 0 Å². The number of aryl methyl sites for hydroxylation is 2. The van der Waals surface area contributed by atoms with Crippen molar-refractivity contribution in [1.82, 2.24) is 19.3 Å². The number of nitrogens with two attached hydrogens (primary N) is 1. The maximum atomic E-state index is 5.56. The van der Waals surface area contributed by atoms with Crippen LogP contribution in [-0.2, 0) is 13.6 Å². The fraction of sp³-hybridized carbons (Fsp3) is 0.500. The molecule has 2 aromatic rings. The van der Waals surface area contributed by atoms with Gasteiger partial charge in [-0.3, -0.25) is 4.68 Å². The van der Waals surface area contributed by atoms with Crippen molar-refractivity contribution in [3.8, 4) is 0 Å². The highest BCUT2D eigenvalue weighted by Crippen LogP contribution is 2.21. The third kappa shape index (κ3) is 2.11. The molecule has 6 heteroatoms. The molecule has 0 amide bonds. The molecule has 0 fully saturated rings. The average Bonchev–Trinajstić information content (AvgIpc) is 2.85. The number of nitrogen functional groups attached to an aromatic ring is 1. The Bertz CT molecular complexity index is 537. The molecule has 18 heavy (non-hydrogen) atoms. The summed E-state index contributed by atoms with van der Waals surface area (Å²) in [6.45, 7) is 6.99. The van der Waals surface area contributed by atoms with E-state index in [1.54, 1.807) is 4.68 Å². The van der Waals surface area contributed by atoms with Gasteiger partial charge >= 0.3 is 0 Å². The monoisotopic (exact) mass is 248 g/mol. The fourth-order valence-corrected chi connectivity index (χ4v) is 2.20. The lowest BCUT2D eigenvalue weighted by Crippen LogP contribution is -2.14. The summed E-state index contributed by atoms with van der Waals surface area (Å²) < 4.78 is 3.90. The van der Waals surface area contributed by atoms with Crippen molar-refractivity contribution in [1.29, 1.82) is 0 Å². The predicted octanol–water partition coefficient (Wildman–Crippen LogP) is 1.38. The minimum Gasteiger partial charge on any atom is -0.330 e. The Morgan fingerprint density at radius 2 is 2.17 bits per heavy atom. The van der Waals surface area contributed by atoms with E-state index in [-0.39, 0.29) is 0 Å². The van der Waals surface area contributed by atoms with Crippen LogP contribution in [0, 0.1) is 6.92 Å². The molecule has 0 radical (unpaired) electrons. The zero-order valence-corrected chi connectivity index (χ0v) is 11.3. The van der Waals surface area contributed by atoms with Gasteiger partial charge < -0.3 is 9.99 Å². The van der Waals surface area contributed by atoms with Gasteiger partial charge in [0.15, 0.2) is 0 Å². The summed E-state index contributed by atoms with van der Waals surface area (Å²) in [7, 11) is 1.88. The van der Waals surface area contributed by atoms with Gasteiger partial charge in [0.25, 0.3) is 0 Å². The molecule has 0 spiro atoms. The van der Waals surface area contributed by atoms with Gasteiger partial charge in [0.05, 0.1) is 12.2 Å². The summed E-state index contributed by atoms with van der Waals surface area (Å²) in [5.41, 5.74) is 4.79. The van der Waals surface area contributed by atoms with Crippen LogP contribution in [0.4, 0.5) is 5.82 Å². The zero-order chi connectivity index (χ0) is 13.3. The first-order valence-electron chi connectivity index (χ1n) is 6.04. The summed E-state index contributed by atoms with van der Waals surface area (Å²) in [5, 5.41) is 4.38. The Morgan fingerprint density at radius 1 is 1.44 bits per heavy atom. The maximum absolute atomic E-state index is 5.56. The molecule has 0 unspecified atom stereocenters. The van der Waals surface area contributed by atoms with Crippen molar-refractivity contribution in [2.24, 2.45) is 12.9 Å². The quantitative estimate of drug-likeness (QED) is 0.633. The van der Waals surface area contributed by atoms with Crippen LogP contribution in [0.5, 0.6) is 0 Å². The maximum Gasteiger partial charge on any atom is 0.143 e. The Balaban J connectivity index is 2.37.